The molecule has 3 N–H and O–H groups in total. The summed E-state index contributed by atoms with van der Waals surface area (Å²) in [5, 5.41) is 5.26. The van der Waals surface area contributed by atoms with E-state index in [1.165, 1.54) is 38.1 Å². The maximum atomic E-state index is 12.6. The van der Waals surface area contributed by atoms with Gasteiger partial charge in [0.2, 0.25) is 21.8 Å². The maximum absolute atomic E-state index is 12.6. The van der Waals surface area contributed by atoms with E-state index < -0.39 is 22.0 Å². The standard InChI is InChI=1S/C21H22N4O5S/c1-12(25-31(28,29)17-8-5-15(6-9-17)22-13(2)26)20(27)23-16-7-10-19-18(11-16)24-21(30-19)14-3-4-14/h5-12,14,25H,3-4H2,1-2H3,(H,22,26)(H,23,27)/t12-/m0/s1. The zero-order chi connectivity index (χ0) is 22.2. The Hall–Kier alpha value is -3.24. The Labute approximate surface area is 179 Å². The summed E-state index contributed by atoms with van der Waals surface area (Å²) < 4.78 is 33.2. The molecule has 9 nitrogen and oxygen atoms in total. The predicted octanol–water partition coefficient (Wildman–Crippen LogP) is 2.97. The maximum Gasteiger partial charge on any atom is 0.242 e. The third-order valence-electron chi connectivity index (χ3n) is 4.81. The van der Waals surface area contributed by atoms with Crippen LogP contribution in [0.4, 0.5) is 11.4 Å². The molecule has 1 aliphatic carbocycles. The number of sulfonamides is 1. The molecule has 1 saturated carbocycles. The molecule has 0 spiro atoms. The summed E-state index contributed by atoms with van der Waals surface area (Å²) in [6.07, 6.45) is 2.15. The highest BCUT2D eigenvalue weighted by Crippen LogP contribution is 2.40. The van der Waals surface area contributed by atoms with Crippen molar-refractivity contribution in [1.82, 2.24) is 9.71 Å². The highest BCUT2D eigenvalue weighted by molar-refractivity contribution is 7.89. The van der Waals surface area contributed by atoms with E-state index in [4.69, 9.17) is 4.42 Å². The van der Waals surface area contributed by atoms with E-state index in [0.29, 0.717) is 34.3 Å². The lowest BCUT2D eigenvalue weighted by Gasteiger charge is -2.15. The smallest absolute Gasteiger partial charge is 0.242 e. The van der Waals surface area contributed by atoms with Gasteiger partial charge in [-0.15, -0.1) is 0 Å². The van der Waals surface area contributed by atoms with Crippen LogP contribution in [0.1, 0.15) is 38.5 Å². The first kappa shape index (κ1) is 21.0. The highest BCUT2D eigenvalue weighted by Gasteiger charge is 2.29. The van der Waals surface area contributed by atoms with Crippen molar-refractivity contribution in [3.8, 4) is 0 Å². The molecule has 1 atom stereocenters. The summed E-state index contributed by atoms with van der Waals surface area (Å²) in [5.74, 6) is 0.326. The third-order valence-corrected chi connectivity index (χ3v) is 6.37. The van der Waals surface area contributed by atoms with Crippen LogP contribution in [0.15, 0.2) is 51.8 Å². The molecule has 2 amide bonds. The second-order valence-corrected chi connectivity index (χ2v) is 9.26. The van der Waals surface area contributed by atoms with E-state index in [1.54, 1.807) is 18.2 Å². The van der Waals surface area contributed by atoms with Crippen LogP contribution in [0.2, 0.25) is 0 Å². The van der Waals surface area contributed by atoms with Crippen molar-refractivity contribution in [2.45, 2.75) is 43.5 Å². The summed E-state index contributed by atoms with van der Waals surface area (Å²) in [6, 6.07) is 9.76. The Morgan fingerprint density at radius 3 is 2.39 bits per heavy atom. The van der Waals surface area contributed by atoms with Crippen LogP contribution in [0.3, 0.4) is 0 Å². The van der Waals surface area contributed by atoms with Gasteiger partial charge in [-0.25, -0.2) is 13.4 Å². The first-order chi connectivity index (χ1) is 14.7. The molecular formula is C21H22N4O5S. The van der Waals surface area contributed by atoms with E-state index in [1.807, 2.05) is 0 Å². The van der Waals surface area contributed by atoms with Gasteiger partial charge in [-0.1, -0.05) is 0 Å². The van der Waals surface area contributed by atoms with Crippen molar-refractivity contribution < 1.29 is 22.4 Å². The Kier molecular flexibility index (Phi) is 5.50. The molecule has 1 aliphatic rings. The Morgan fingerprint density at radius 2 is 1.74 bits per heavy atom. The van der Waals surface area contributed by atoms with E-state index in [0.717, 1.165) is 12.8 Å². The summed E-state index contributed by atoms with van der Waals surface area (Å²) in [7, 11) is -3.93. The van der Waals surface area contributed by atoms with Gasteiger partial charge in [-0.3, -0.25) is 9.59 Å². The monoisotopic (exact) mass is 442 g/mol. The number of nitrogens with one attached hydrogen (secondary N) is 3. The number of fused-ring (bicyclic) bond motifs is 1. The number of hydrogen-bond donors (Lipinski definition) is 3. The normalized spacial score (nSPS) is 14.9. The largest absolute Gasteiger partial charge is 0.440 e. The van der Waals surface area contributed by atoms with Gasteiger partial charge in [0.25, 0.3) is 0 Å². The van der Waals surface area contributed by atoms with Crippen molar-refractivity contribution in [2.75, 3.05) is 10.6 Å². The minimum Gasteiger partial charge on any atom is -0.440 e. The fourth-order valence-corrected chi connectivity index (χ4v) is 4.26. The lowest BCUT2D eigenvalue weighted by Crippen LogP contribution is -2.41. The zero-order valence-electron chi connectivity index (χ0n) is 17.0. The highest BCUT2D eigenvalue weighted by atomic mass is 32.2. The molecule has 162 valence electrons. The average Bonchev–Trinajstić information content (AvgIpc) is 3.47. The summed E-state index contributed by atoms with van der Waals surface area (Å²) in [6.45, 7) is 2.82. The summed E-state index contributed by atoms with van der Waals surface area (Å²) in [4.78, 5) is 28.0. The van der Waals surface area contributed by atoms with Gasteiger partial charge in [-0.2, -0.15) is 4.72 Å². The average molecular weight is 442 g/mol. The topological polar surface area (TPSA) is 130 Å². The molecule has 0 unspecified atom stereocenters. The molecule has 0 saturated heterocycles. The number of aromatic nitrogens is 1. The second kappa shape index (κ2) is 8.12. The van der Waals surface area contributed by atoms with Crippen LogP contribution in [-0.2, 0) is 19.6 Å². The minimum absolute atomic E-state index is 0.0159. The molecule has 1 fully saturated rings. The summed E-state index contributed by atoms with van der Waals surface area (Å²) in [5.41, 5.74) is 2.27. The van der Waals surface area contributed by atoms with Gasteiger partial charge in [0.05, 0.1) is 10.9 Å². The molecule has 1 heterocycles. The van der Waals surface area contributed by atoms with E-state index in [-0.39, 0.29) is 10.8 Å². The number of carbonyl (C=O) groups is 2. The zero-order valence-corrected chi connectivity index (χ0v) is 17.8. The third kappa shape index (κ3) is 4.92. The molecule has 10 heteroatoms. The van der Waals surface area contributed by atoms with Crippen molar-refractivity contribution in [3.63, 3.8) is 0 Å². The fourth-order valence-electron chi connectivity index (χ4n) is 3.05. The number of carbonyl (C=O) groups excluding carboxylic acids is 2. The van der Waals surface area contributed by atoms with Crippen LogP contribution in [0.25, 0.3) is 11.1 Å². The Morgan fingerprint density at radius 1 is 1.06 bits per heavy atom. The van der Waals surface area contributed by atoms with Crippen LogP contribution < -0.4 is 15.4 Å². The second-order valence-electron chi connectivity index (χ2n) is 7.55. The number of benzene rings is 2. The number of hydrogen-bond acceptors (Lipinski definition) is 6. The minimum atomic E-state index is -3.93. The Bertz CT molecular complexity index is 1250. The van der Waals surface area contributed by atoms with Crippen molar-refractivity contribution in [3.05, 3.63) is 48.4 Å². The number of anilines is 2. The van der Waals surface area contributed by atoms with Gasteiger partial charge >= 0.3 is 0 Å². The van der Waals surface area contributed by atoms with Crippen LogP contribution in [-0.4, -0.2) is 31.3 Å². The lowest BCUT2D eigenvalue weighted by atomic mass is 10.2. The first-order valence-electron chi connectivity index (χ1n) is 9.82. The molecule has 2 aromatic carbocycles. The van der Waals surface area contributed by atoms with Crippen molar-refractivity contribution in [2.24, 2.45) is 0 Å². The van der Waals surface area contributed by atoms with E-state index >= 15 is 0 Å². The van der Waals surface area contributed by atoms with Gasteiger partial charge in [0, 0.05) is 24.2 Å². The molecule has 0 bridgehead atoms. The van der Waals surface area contributed by atoms with Crippen LogP contribution in [0, 0.1) is 0 Å². The number of amides is 2. The van der Waals surface area contributed by atoms with Gasteiger partial charge in [0.1, 0.15) is 5.52 Å². The molecule has 4 rings (SSSR count). The molecular weight excluding hydrogens is 420 g/mol. The molecule has 0 aliphatic heterocycles. The predicted molar refractivity (Wildman–Crippen MR) is 115 cm³/mol. The molecule has 1 aromatic heterocycles. The van der Waals surface area contributed by atoms with Gasteiger partial charge in [0.15, 0.2) is 11.5 Å². The number of oxazole rings is 1. The Balaban J connectivity index is 1.41. The van der Waals surface area contributed by atoms with Crippen LogP contribution in [0.5, 0.6) is 0 Å². The van der Waals surface area contributed by atoms with E-state index in [9.17, 15) is 18.0 Å². The number of nitrogens with zero attached hydrogens (tertiary/aromatic N) is 1. The molecule has 31 heavy (non-hydrogen) atoms. The lowest BCUT2D eigenvalue weighted by molar-refractivity contribution is -0.117. The summed E-state index contributed by atoms with van der Waals surface area (Å²) >= 11 is 0. The fraction of sp³-hybridized carbons (Fsp3) is 0.286. The van der Waals surface area contributed by atoms with Crippen LogP contribution >= 0.6 is 0 Å². The molecule has 3 aromatic rings. The van der Waals surface area contributed by atoms with Crippen molar-refractivity contribution >= 4 is 44.3 Å². The quantitative estimate of drug-likeness (QED) is 0.516. The van der Waals surface area contributed by atoms with Gasteiger partial charge < -0.3 is 15.1 Å². The first-order valence-corrected chi connectivity index (χ1v) is 11.3. The SMILES string of the molecule is CC(=O)Nc1ccc(S(=O)(=O)N[C@@H](C)C(=O)Nc2ccc3oc(C4CC4)nc3c2)cc1. The van der Waals surface area contributed by atoms with Gasteiger partial charge in [-0.05, 0) is 62.2 Å². The number of rotatable bonds is 7. The molecule has 0 radical (unpaired) electrons. The van der Waals surface area contributed by atoms with Crippen molar-refractivity contribution in [1.29, 1.82) is 0 Å². The van der Waals surface area contributed by atoms with E-state index in [2.05, 4.69) is 20.3 Å².